The van der Waals surface area contributed by atoms with Gasteiger partial charge in [-0.05, 0) is 30.2 Å². The Kier molecular flexibility index (Phi) is 6.08. The van der Waals surface area contributed by atoms with Crippen LogP contribution in [0.1, 0.15) is 18.1 Å². The average molecular weight is 371 g/mol. The van der Waals surface area contributed by atoms with E-state index in [1.54, 1.807) is 43.3 Å². The highest BCUT2D eigenvalue weighted by Gasteiger charge is 2.16. The van der Waals surface area contributed by atoms with E-state index in [1.807, 2.05) is 6.07 Å². The molecule has 1 heterocycles. The van der Waals surface area contributed by atoms with Gasteiger partial charge in [0.2, 0.25) is 0 Å². The van der Waals surface area contributed by atoms with Gasteiger partial charge in [-0.1, -0.05) is 30.3 Å². The predicted octanol–water partition coefficient (Wildman–Crippen LogP) is 3.73. The minimum Gasteiger partial charge on any atom is -0.486 e. The third-order valence-electron chi connectivity index (χ3n) is 4.50. The Morgan fingerprint density at radius 2 is 2.00 bits per heavy atom. The van der Waals surface area contributed by atoms with Gasteiger partial charge in [-0.15, -0.1) is 0 Å². The van der Waals surface area contributed by atoms with Crippen molar-refractivity contribution in [2.75, 3.05) is 31.2 Å². The van der Waals surface area contributed by atoms with Crippen molar-refractivity contribution in [2.45, 2.75) is 13.5 Å². The zero-order valence-electron chi connectivity index (χ0n) is 15.2. The van der Waals surface area contributed by atoms with Gasteiger partial charge in [0.05, 0.1) is 18.8 Å². The number of morpholine rings is 1. The molecule has 0 radical (unpaired) electrons. The topological polar surface area (TPSA) is 59.0 Å². The fourth-order valence-corrected chi connectivity index (χ4v) is 3.08. The summed E-state index contributed by atoms with van der Waals surface area (Å²) in [6, 6.07) is 12.0. The second-order valence-electron chi connectivity index (χ2n) is 6.17. The van der Waals surface area contributed by atoms with Crippen LogP contribution in [0.5, 0.6) is 5.75 Å². The van der Waals surface area contributed by atoms with Crippen molar-refractivity contribution < 1.29 is 23.8 Å². The van der Waals surface area contributed by atoms with Crippen molar-refractivity contribution in [3.05, 3.63) is 65.5 Å². The normalized spacial score (nSPS) is 14.9. The maximum absolute atomic E-state index is 14.5. The number of hydrogen-bond acceptors (Lipinski definition) is 4. The minimum atomic E-state index is -1.01. The van der Waals surface area contributed by atoms with Crippen LogP contribution in [0.4, 0.5) is 10.1 Å². The molecule has 0 amide bonds. The lowest BCUT2D eigenvalue weighted by atomic mass is 10.00. The largest absolute Gasteiger partial charge is 0.486 e. The third-order valence-corrected chi connectivity index (χ3v) is 4.50. The Balaban J connectivity index is 1.75. The van der Waals surface area contributed by atoms with Crippen LogP contribution in [0.15, 0.2) is 48.5 Å². The predicted molar refractivity (Wildman–Crippen MR) is 101 cm³/mol. The van der Waals surface area contributed by atoms with E-state index in [1.165, 1.54) is 6.07 Å². The number of aliphatic carboxylic acids is 1. The Morgan fingerprint density at radius 1 is 1.26 bits per heavy atom. The lowest BCUT2D eigenvalue weighted by Gasteiger charge is -2.29. The number of anilines is 1. The fourth-order valence-electron chi connectivity index (χ4n) is 3.08. The molecular formula is C21H22FNO4. The number of carbonyl (C=O) groups is 1. The van der Waals surface area contributed by atoms with E-state index >= 15 is 0 Å². The molecule has 3 rings (SSSR count). The number of benzene rings is 2. The van der Waals surface area contributed by atoms with E-state index in [9.17, 15) is 14.3 Å². The van der Waals surface area contributed by atoms with Gasteiger partial charge in [-0.25, -0.2) is 9.18 Å². The molecular weight excluding hydrogens is 349 g/mol. The van der Waals surface area contributed by atoms with Crippen molar-refractivity contribution in [3.8, 4) is 5.75 Å². The van der Waals surface area contributed by atoms with Crippen LogP contribution in [0.25, 0.3) is 5.57 Å². The third kappa shape index (κ3) is 4.46. The quantitative estimate of drug-likeness (QED) is 0.784. The van der Waals surface area contributed by atoms with Crippen molar-refractivity contribution in [1.82, 2.24) is 0 Å². The van der Waals surface area contributed by atoms with Crippen molar-refractivity contribution >= 4 is 17.2 Å². The zero-order chi connectivity index (χ0) is 19.2. The first-order valence-corrected chi connectivity index (χ1v) is 8.83. The number of ether oxygens (including phenoxy) is 2. The smallest absolute Gasteiger partial charge is 0.335 e. The van der Waals surface area contributed by atoms with Crippen molar-refractivity contribution in [3.63, 3.8) is 0 Å². The van der Waals surface area contributed by atoms with Gasteiger partial charge in [0.15, 0.2) is 11.6 Å². The Hall–Kier alpha value is -2.86. The van der Waals surface area contributed by atoms with Gasteiger partial charge in [-0.3, -0.25) is 0 Å². The molecule has 0 bridgehead atoms. The number of hydrogen-bond donors (Lipinski definition) is 1. The molecule has 2 aromatic carbocycles. The molecule has 1 N–H and O–H groups in total. The molecule has 27 heavy (non-hydrogen) atoms. The van der Waals surface area contributed by atoms with Gasteiger partial charge in [-0.2, -0.15) is 0 Å². The van der Waals surface area contributed by atoms with E-state index < -0.39 is 11.8 Å². The molecule has 0 unspecified atom stereocenters. The van der Waals surface area contributed by atoms with E-state index in [-0.39, 0.29) is 17.9 Å². The highest BCUT2D eigenvalue weighted by Crippen LogP contribution is 2.26. The summed E-state index contributed by atoms with van der Waals surface area (Å²) in [5.74, 6) is -1.31. The summed E-state index contributed by atoms with van der Waals surface area (Å²) < 4.78 is 25.4. The number of allylic oxidation sites excluding steroid dienone is 1. The fraction of sp³-hybridized carbons (Fsp3) is 0.286. The van der Waals surface area contributed by atoms with E-state index in [2.05, 4.69) is 4.90 Å². The molecule has 0 atom stereocenters. The van der Waals surface area contributed by atoms with Crippen LogP contribution in [-0.4, -0.2) is 37.4 Å². The second kappa shape index (κ2) is 8.68. The summed E-state index contributed by atoms with van der Waals surface area (Å²) in [5.41, 5.74) is 2.24. The Morgan fingerprint density at radius 3 is 2.67 bits per heavy atom. The summed E-state index contributed by atoms with van der Waals surface area (Å²) in [7, 11) is 0. The molecule has 142 valence electrons. The summed E-state index contributed by atoms with van der Waals surface area (Å²) >= 11 is 0. The summed E-state index contributed by atoms with van der Waals surface area (Å²) in [6.07, 6.45) is 1.54. The first kappa shape index (κ1) is 18.9. The lowest BCUT2D eigenvalue weighted by molar-refractivity contribution is -0.130. The first-order valence-electron chi connectivity index (χ1n) is 8.83. The monoisotopic (exact) mass is 371 g/mol. The summed E-state index contributed by atoms with van der Waals surface area (Å²) in [5, 5.41) is 9.35. The van der Waals surface area contributed by atoms with E-state index in [0.29, 0.717) is 24.3 Å². The standard InChI is InChI=1S/C21H22FNO4/c1-2-17(21(24)25)18-6-4-3-5-15(18)14-27-20-8-7-16(13-19(20)22)23-9-11-26-12-10-23/h2-8,13H,9-12,14H2,1H3,(H,24,25). The maximum Gasteiger partial charge on any atom is 0.335 e. The molecule has 1 aliphatic heterocycles. The number of carboxylic acids is 1. The average Bonchev–Trinajstić information content (AvgIpc) is 2.69. The molecule has 0 aliphatic carbocycles. The number of halogens is 1. The minimum absolute atomic E-state index is 0.0780. The Labute approximate surface area is 157 Å². The summed E-state index contributed by atoms with van der Waals surface area (Å²) in [4.78, 5) is 13.5. The Bertz CT molecular complexity index is 844. The van der Waals surface area contributed by atoms with Gasteiger partial charge in [0, 0.05) is 24.8 Å². The SMILES string of the molecule is CC=C(C(=O)O)c1ccccc1COc1ccc(N2CCOCC2)cc1F. The van der Waals surface area contributed by atoms with E-state index in [0.717, 1.165) is 18.8 Å². The maximum atomic E-state index is 14.5. The van der Waals surface area contributed by atoms with Crippen molar-refractivity contribution in [1.29, 1.82) is 0 Å². The van der Waals surface area contributed by atoms with Crippen LogP contribution in [-0.2, 0) is 16.1 Å². The molecule has 0 spiro atoms. The van der Waals surface area contributed by atoms with Crippen LogP contribution in [0.2, 0.25) is 0 Å². The highest BCUT2D eigenvalue weighted by atomic mass is 19.1. The zero-order valence-corrected chi connectivity index (χ0v) is 15.2. The van der Waals surface area contributed by atoms with Gasteiger partial charge >= 0.3 is 5.97 Å². The van der Waals surface area contributed by atoms with Gasteiger partial charge < -0.3 is 19.5 Å². The molecule has 1 aliphatic rings. The molecule has 2 aromatic rings. The van der Waals surface area contributed by atoms with Crippen LogP contribution in [0, 0.1) is 5.82 Å². The molecule has 5 nitrogen and oxygen atoms in total. The molecule has 1 saturated heterocycles. The molecule has 0 saturated carbocycles. The number of carboxylic acid groups (broad SMARTS) is 1. The number of nitrogens with zero attached hydrogens (tertiary/aromatic N) is 1. The lowest BCUT2D eigenvalue weighted by Crippen LogP contribution is -2.36. The highest BCUT2D eigenvalue weighted by molar-refractivity contribution is 6.15. The summed E-state index contributed by atoms with van der Waals surface area (Å²) in [6.45, 7) is 4.48. The van der Waals surface area contributed by atoms with Crippen LogP contribution < -0.4 is 9.64 Å². The van der Waals surface area contributed by atoms with Crippen LogP contribution in [0.3, 0.4) is 0 Å². The van der Waals surface area contributed by atoms with Crippen LogP contribution >= 0.6 is 0 Å². The molecule has 0 aromatic heterocycles. The number of rotatable bonds is 6. The van der Waals surface area contributed by atoms with E-state index in [4.69, 9.17) is 9.47 Å². The first-order chi connectivity index (χ1) is 13.1. The molecule has 1 fully saturated rings. The molecule has 6 heteroatoms. The second-order valence-corrected chi connectivity index (χ2v) is 6.17. The van der Waals surface area contributed by atoms with Crippen molar-refractivity contribution in [2.24, 2.45) is 0 Å². The van der Waals surface area contributed by atoms with Gasteiger partial charge in [0.1, 0.15) is 6.61 Å². The van der Waals surface area contributed by atoms with Gasteiger partial charge in [0.25, 0.3) is 0 Å².